The Morgan fingerprint density at radius 1 is 0.321 bits per heavy atom. The summed E-state index contributed by atoms with van der Waals surface area (Å²) in [5, 5.41) is 12.9. The molecule has 9 aromatic carbocycles. The van der Waals surface area contributed by atoms with E-state index in [-0.39, 0.29) is 0 Å². The van der Waals surface area contributed by atoms with Crippen molar-refractivity contribution in [3.8, 4) is 33.6 Å². The van der Waals surface area contributed by atoms with Crippen molar-refractivity contribution >= 4 is 96.7 Å². The fourth-order valence-corrected chi connectivity index (χ4v) is 9.92. The van der Waals surface area contributed by atoms with Gasteiger partial charge in [0.25, 0.3) is 0 Å². The predicted octanol–water partition coefficient (Wildman–Crippen LogP) is 15.2. The molecule has 0 saturated carbocycles. The summed E-state index contributed by atoms with van der Waals surface area (Å²) in [5.74, 6) is 0.897. The highest BCUT2D eigenvalue weighted by molar-refractivity contribution is 7.25. The molecule has 0 saturated heterocycles. The van der Waals surface area contributed by atoms with E-state index in [0.717, 1.165) is 71.5 Å². The first kappa shape index (κ1) is 29.0. The standard InChI is InChI=1S/C50H28O2S/c1-2-13-29(14-3-1)46-41-27-40-32-16-9-11-24-44(32)53-45(40)28-43(41)52-50(46)48-36-19-6-4-17-34(36)47(35-18-5-7-20-37(35)48)33-21-12-22-38-30(33)25-26-39-31-15-8-10-23-42(31)51-49(38)39/h1-28H. The Kier molecular flexibility index (Phi) is 5.96. The molecule has 0 fully saturated rings. The average Bonchev–Trinajstić information content (AvgIpc) is 3.90. The first-order chi connectivity index (χ1) is 26.3. The molecule has 3 heteroatoms. The first-order valence-corrected chi connectivity index (χ1v) is 18.8. The van der Waals surface area contributed by atoms with Gasteiger partial charge in [0.2, 0.25) is 0 Å². The minimum atomic E-state index is 0.897. The minimum absolute atomic E-state index is 0.897. The lowest BCUT2D eigenvalue weighted by atomic mass is 9.84. The average molecular weight is 693 g/mol. The zero-order valence-corrected chi connectivity index (χ0v) is 29.2. The maximum absolute atomic E-state index is 7.15. The highest BCUT2D eigenvalue weighted by Gasteiger charge is 2.25. The lowest BCUT2D eigenvalue weighted by molar-refractivity contribution is 0.634. The second-order valence-corrected chi connectivity index (χ2v) is 15.0. The van der Waals surface area contributed by atoms with Gasteiger partial charge in [-0.1, -0.05) is 140 Å². The van der Waals surface area contributed by atoms with E-state index in [4.69, 9.17) is 8.83 Å². The van der Waals surface area contributed by atoms with Crippen LogP contribution in [0, 0.1) is 0 Å². The summed E-state index contributed by atoms with van der Waals surface area (Å²) < 4.78 is 16.2. The van der Waals surface area contributed by atoms with Crippen molar-refractivity contribution < 1.29 is 8.83 Å². The Morgan fingerprint density at radius 2 is 0.925 bits per heavy atom. The summed E-state index contributed by atoms with van der Waals surface area (Å²) in [4.78, 5) is 0. The Balaban J connectivity index is 1.20. The number of thiophene rings is 1. The number of fused-ring (bicyclic) bond motifs is 11. The van der Waals surface area contributed by atoms with E-state index >= 15 is 0 Å². The van der Waals surface area contributed by atoms with E-state index in [9.17, 15) is 0 Å². The molecule has 3 heterocycles. The van der Waals surface area contributed by atoms with Crippen molar-refractivity contribution in [2.45, 2.75) is 0 Å². The number of rotatable bonds is 3. The summed E-state index contributed by atoms with van der Waals surface area (Å²) in [7, 11) is 0. The van der Waals surface area contributed by atoms with Gasteiger partial charge in [0.15, 0.2) is 0 Å². The summed E-state index contributed by atoms with van der Waals surface area (Å²) in [6.07, 6.45) is 0. The molecule has 246 valence electrons. The van der Waals surface area contributed by atoms with E-state index in [2.05, 4.69) is 164 Å². The van der Waals surface area contributed by atoms with Gasteiger partial charge < -0.3 is 8.83 Å². The molecule has 0 aliphatic rings. The molecule has 0 amide bonds. The van der Waals surface area contributed by atoms with Crippen molar-refractivity contribution in [1.82, 2.24) is 0 Å². The second-order valence-electron chi connectivity index (χ2n) is 13.9. The van der Waals surface area contributed by atoms with Crippen LogP contribution in [0.3, 0.4) is 0 Å². The molecule has 0 aliphatic carbocycles. The van der Waals surface area contributed by atoms with Crippen LogP contribution >= 0.6 is 11.3 Å². The van der Waals surface area contributed by atoms with Crippen LogP contribution in [-0.4, -0.2) is 0 Å². The molecule has 0 unspecified atom stereocenters. The van der Waals surface area contributed by atoms with Crippen molar-refractivity contribution in [3.05, 3.63) is 170 Å². The summed E-state index contributed by atoms with van der Waals surface area (Å²) in [6.45, 7) is 0. The fourth-order valence-electron chi connectivity index (χ4n) is 8.80. The van der Waals surface area contributed by atoms with Crippen molar-refractivity contribution in [3.63, 3.8) is 0 Å². The molecule has 12 aromatic rings. The third-order valence-corrected chi connectivity index (χ3v) is 12.2. The van der Waals surface area contributed by atoms with Crippen molar-refractivity contribution in [2.24, 2.45) is 0 Å². The Labute approximate surface area is 307 Å². The van der Waals surface area contributed by atoms with Crippen molar-refractivity contribution in [2.75, 3.05) is 0 Å². The third kappa shape index (κ3) is 4.08. The van der Waals surface area contributed by atoms with Crippen molar-refractivity contribution in [1.29, 1.82) is 0 Å². The predicted molar refractivity (Wildman–Crippen MR) is 225 cm³/mol. The van der Waals surface area contributed by atoms with E-state index < -0.39 is 0 Å². The van der Waals surface area contributed by atoms with E-state index in [0.29, 0.717) is 0 Å². The molecule has 12 rings (SSSR count). The monoisotopic (exact) mass is 692 g/mol. The van der Waals surface area contributed by atoms with Gasteiger partial charge >= 0.3 is 0 Å². The van der Waals surface area contributed by atoms with Gasteiger partial charge in [-0.15, -0.1) is 11.3 Å². The third-order valence-electron chi connectivity index (χ3n) is 11.1. The quantitative estimate of drug-likeness (QED) is 0.172. The molecular weight excluding hydrogens is 665 g/mol. The Hall–Kier alpha value is -6.68. The number of hydrogen-bond donors (Lipinski definition) is 0. The maximum Gasteiger partial charge on any atom is 0.144 e. The van der Waals surface area contributed by atoms with E-state index in [1.807, 2.05) is 17.4 Å². The maximum atomic E-state index is 7.15. The van der Waals surface area contributed by atoms with Gasteiger partial charge in [0, 0.05) is 52.8 Å². The van der Waals surface area contributed by atoms with Crippen LogP contribution in [-0.2, 0) is 0 Å². The largest absolute Gasteiger partial charge is 0.455 e. The number of para-hydroxylation sites is 1. The number of hydrogen-bond acceptors (Lipinski definition) is 3. The molecule has 0 N–H and O–H groups in total. The molecule has 0 radical (unpaired) electrons. The molecule has 2 nitrogen and oxygen atoms in total. The molecule has 3 aromatic heterocycles. The summed E-state index contributed by atoms with van der Waals surface area (Å²) in [6, 6.07) is 61.1. The minimum Gasteiger partial charge on any atom is -0.455 e. The number of benzene rings is 9. The fraction of sp³-hybridized carbons (Fsp3) is 0. The van der Waals surface area contributed by atoms with Crippen LogP contribution in [0.15, 0.2) is 179 Å². The molecule has 0 spiro atoms. The molecule has 0 bridgehead atoms. The van der Waals surface area contributed by atoms with Crippen LogP contribution < -0.4 is 0 Å². The van der Waals surface area contributed by atoms with Gasteiger partial charge in [0.05, 0.1) is 0 Å². The van der Waals surface area contributed by atoms with E-state index in [1.165, 1.54) is 47.5 Å². The van der Waals surface area contributed by atoms with E-state index in [1.54, 1.807) is 0 Å². The molecular formula is C50H28O2S. The zero-order chi connectivity index (χ0) is 34.6. The SMILES string of the molecule is c1ccc(-c2c(-c3c4ccccc4c(-c4cccc5c4ccc4c6ccccc6oc54)c4ccccc34)oc3cc4sc5ccccc5c4cc23)cc1. The highest BCUT2D eigenvalue weighted by atomic mass is 32.1. The molecule has 53 heavy (non-hydrogen) atoms. The second kappa shape index (κ2) is 10.9. The zero-order valence-electron chi connectivity index (χ0n) is 28.4. The summed E-state index contributed by atoms with van der Waals surface area (Å²) >= 11 is 1.82. The Morgan fingerprint density at radius 3 is 1.70 bits per heavy atom. The van der Waals surface area contributed by atoms with Gasteiger partial charge in [-0.05, 0) is 74.0 Å². The van der Waals surface area contributed by atoms with Crippen LogP contribution in [0.25, 0.3) is 119 Å². The lowest BCUT2D eigenvalue weighted by Gasteiger charge is -2.18. The van der Waals surface area contributed by atoms with Crippen LogP contribution in [0.2, 0.25) is 0 Å². The molecule has 0 aliphatic heterocycles. The summed E-state index contributed by atoms with van der Waals surface area (Å²) in [5.41, 5.74) is 8.52. The first-order valence-electron chi connectivity index (χ1n) is 18.0. The normalized spacial score (nSPS) is 12.2. The van der Waals surface area contributed by atoms with Crippen LogP contribution in [0.5, 0.6) is 0 Å². The van der Waals surface area contributed by atoms with Gasteiger partial charge in [-0.2, -0.15) is 0 Å². The molecule has 0 atom stereocenters. The van der Waals surface area contributed by atoms with Crippen LogP contribution in [0.4, 0.5) is 0 Å². The van der Waals surface area contributed by atoms with Crippen LogP contribution in [0.1, 0.15) is 0 Å². The number of furan rings is 2. The smallest absolute Gasteiger partial charge is 0.144 e. The van der Waals surface area contributed by atoms with Gasteiger partial charge in [0.1, 0.15) is 22.5 Å². The van der Waals surface area contributed by atoms with Gasteiger partial charge in [-0.3, -0.25) is 0 Å². The Bertz CT molecular complexity index is 3390. The lowest BCUT2D eigenvalue weighted by Crippen LogP contribution is -1.92. The highest BCUT2D eigenvalue weighted by Crippen LogP contribution is 2.51. The topological polar surface area (TPSA) is 26.3 Å². The van der Waals surface area contributed by atoms with Gasteiger partial charge in [-0.25, -0.2) is 0 Å².